The van der Waals surface area contributed by atoms with Gasteiger partial charge < -0.3 is 19.5 Å². The maximum atomic E-state index is 13.3. The van der Waals surface area contributed by atoms with Gasteiger partial charge in [0.15, 0.2) is 5.82 Å². The molecule has 1 aliphatic heterocycles. The van der Waals surface area contributed by atoms with E-state index < -0.39 is 5.91 Å². The molecule has 1 aliphatic rings. The molecule has 1 N–H and O–H groups in total. The van der Waals surface area contributed by atoms with Crippen LogP contribution in [0.2, 0.25) is 0 Å². The molecule has 0 radical (unpaired) electrons. The lowest BCUT2D eigenvalue weighted by atomic mass is 10.1. The van der Waals surface area contributed by atoms with E-state index in [1.807, 2.05) is 24.3 Å². The van der Waals surface area contributed by atoms with Gasteiger partial charge in [0.05, 0.1) is 39.1 Å². The fourth-order valence-electron chi connectivity index (χ4n) is 3.60. The van der Waals surface area contributed by atoms with Crippen LogP contribution in [-0.2, 0) is 9.59 Å². The average molecular weight is 460 g/mol. The van der Waals surface area contributed by atoms with Crippen LogP contribution >= 0.6 is 0 Å². The van der Waals surface area contributed by atoms with Crippen LogP contribution in [0.4, 0.5) is 17.2 Å². The second-order valence-corrected chi connectivity index (χ2v) is 7.41. The number of carbonyl (C=O) groups excluding carboxylic acids is 2. The van der Waals surface area contributed by atoms with E-state index in [9.17, 15) is 9.59 Å². The second-order valence-electron chi connectivity index (χ2n) is 7.41. The lowest BCUT2D eigenvalue weighted by Crippen LogP contribution is -2.39. The van der Waals surface area contributed by atoms with Crippen molar-refractivity contribution in [2.75, 3.05) is 38.1 Å². The first-order valence-electron chi connectivity index (χ1n) is 10.5. The molecule has 0 aliphatic carbocycles. The number of nitrogens with one attached hydrogen (secondary N) is 1. The fourth-order valence-corrected chi connectivity index (χ4v) is 3.60. The summed E-state index contributed by atoms with van der Waals surface area (Å²) < 4.78 is 15.9. The highest BCUT2D eigenvalue weighted by atomic mass is 16.5. The predicted molar refractivity (Wildman–Crippen MR) is 129 cm³/mol. The monoisotopic (exact) mass is 460 g/mol. The maximum absolute atomic E-state index is 13.3. The zero-order chi connectivity index (χ0) is 24.1. The highest BCUT2D eigenvalue weighted by Gasteiger charge is 2.28. The van der Waals surface area contributed by atoms with Gasteiger partial charge in [0.25, 0.3) is 0 Å². The van der Waals surface area contributed by atoms with Crippen molar-refractivity contribution in [2.45, 2.75) is 6.42 Å². The molecule has 9 heteroatoms. The molecule has 3 aromatic rings. The summed E-state index contributed by atoms with van der Waals surface area (Å²) in [5.41, 5.74) is 2.26. The van der Waals surface area contributed by atoms with Crippen molar-refractivity contribution in [1.29, 1.82) is 0 Å². The Morgan fingerprint density at radius 1 is 1.00 bits per heavy atom. The SMILES string of the molecule is COc1cccc(C2=Nc3cccnc3N(CC(=O)Nc3cc(OC)ccc3OC)C(=O)C2)c1. The van der Waals surface area contributed by atoms with Crippen molar-refractivity contribution in [3.05, 3.63) is 66.4 Å². The van der Waals surface area contributed by atoms with Gasteiger partial charge in [0, 0.05) is 17.8 Å². The summed E-state index contributed by atoms with van der Waals surface area (Å²) in [5, 5.41) is 2.79. The Morgan fingerprint density at radius 2 is 1.79 bits per heavy atom. The average Bonchev–Trinajstić information content (AvgIpc) is 3.00. The predicted octanol–water partition coefficient (Wildman–Crippen LogP) is 3.60. The molecule has 174 valence electrons. The number of rotatable bonds is 7. The molecule has 34 heavy (non-hydrogen) atoms. The molecule has 1 aromatic heterocycles. The number of amides is 2. The number of carbonyl (C=O) groups is 2. The van der Waals surface area contributed by atoms with Crippen LogP contribution < -0.4 is 24.4 Å². The maximum Gasteiger partial charge on any atom is 0.244 e. The highest BCUT2D eigenvalue weighted by Crippen LogP contribution is 2.32. The third-order valence-corrected chi connectivity index (χ3v) is 5.28. The van der Waals surface area contributed by atoms with Gasteiger partial charge in [-0.2, -0.15) is 0 Å². The first-order valence-corrected chi connectivity index (χ1v) is 10.5. The van der Waals surface area contributed by atoms with Gasteiger partial charge >= 0.3 is 0 Å². The molecule has 2 amide bonds. The molecule has 4 rings (SSSR count). The number of aliphatic imine (C=N–C) groups is 1. The molecule has 0 spiro atoms. The molecule has 0 fully saturated rings. The summed E-state index contributed by atoms with van der Waals surface area (Å²) in [5.74, 6) is 1.29. The molecular weight excluding hydrogens is 436 g/mol. The van der Waals surface area contributed by atoms with Gasteiger partial charge in [0.1, 0.15) is 29.5 Å². The van der Waals surface area contributed by atoms with E-state index in [0.29, 0.717) is 40.2 Å². The Kier molecular flexibility index (Phi) is 6.72. The number of aromatic nitrogens is 1. The first kappa shape index (κ1) is 22.8. The van der Waals surface area contributed by atoms with Gasteiger partial charge in [-0.05, 0) is 36.4 Å². The van der Waals surface area contributed by atoms with Crippen LogP contribution in [0.5, 0.6) is 17.2 Å². The zero-order valence-electron chi connectivity index (χ0n) is 19.1. The number of methoxy groups -OCH3 is 3. The van der Waals surface area contributed by atoms with Gasteiger partial charge in [-0.15, -0.1) is 0 Å². The lowest BCUT2D eigenvalue weighted by molar-refractivity contribution is -0.120. The molecule has 0 atom stereocenters. The lowest BCUT2D eigenvalue weighted by Gasteiger charge is -2.21. The number of fused-ring (bicyclic) bond motifs is 1. The van der Waals surface area contributed by atoms with E-state index >= 15 is 0 Å². The zero-order valence-corrected chi connectivity index (χ0v) is 19.1. The Bertz CT molecular complexity index is 1260. The Hall–Kier alpha value is -4.40. The Labute approximate surface area is 197 Å². The Morgan fingerprint density at radius 3 is 2.56 bits per heavy atom. The number of hydrogen-bond donors (Lipinski definition) is 1. The van der Waals surface area contributed by atoms with Crippen LogP contribution in [0.1, 0.15) is 12.0 Å². The molecule has 9 nitrogen and oxygen atoms in total. The Balaban J connectivity index is 1.61. The quantitative estimate of drug-likeness (QED) is 0.578. The number of ether oxygens (including phenoxy) is 3. The second kappa shape index (κ2) is 10.0. The number of hydrogen-bond acceptors (Lipinski definition) is 7. The third kappa shape index (κ3) is 4.83. The molecule has 0 unspecified atom stereocenters. The fraction of sp³-hybridized carbons (Fsp3) is 0.200. The van der Waals surface area contributed by atoms with Gasteiger partial charge in [0.2, 0.25) is 11.8 Å². The topological polar surface area (TPSA) is 102 Å². The van der Waals surface area contributed by atoms with Crippen LogP contribution in [0.25, 0.3) is 0 Å². The summed E-state index contributed by atoms with van der Waals surface area (Å²) in [6.07, 6.45) is 1.56. The number of anilines is 2. The molecule has 0 saturated carbocycles. The van der Waals surface area contributed by atoms with E-state index in [4.69, 9.17) is 19.2 Å². The normalized spacial score (nSPS) is 12.9. The van der Waals surface area contributed by atoms with E-state index in [-0.39, 0.29) is 18.9 Å². The van der Waals surface area contributed by atoms with Crippen molar-refractivity contribution in [2.24, 2.45) is 4.99 Å². The summed E-state index contributed by atoms with van der Waals surface area (Å²) in [7, 11) is 4.62. The molecule has 0 saturated heterocycles. The smallest absolute Gasteiger partial charge is 0.244 e. The number of pyridine rings is 1. The van der Waals surface area contributed by atoms with Gasteiger partial charge in [-0.25, -0.2) is 9.98 Å². The number of nitrogens with zero attached hydrogens (tertiary/aromatic N) is 3. The van der Waals surface area contributed by atoms with Crippen molar-refractivity contribution in [3.8, 4) is 17.2 Å². The van der Waals surface area contributed by atoms with Crippen LogP contribution in [0.15, 0.2) is 65.8 Å². The standard InChI is InChI=1S/C25H24N4O5/c1-32-17-7-4-6-16(12-17)20-14-24(31)29(25-19(27-20)8-5-11-26-25)15-23(30)28-21-13-18(33-2)9-10-22(21)34-3/h4-13H,14-15H2,1-3H3,(H,28,30). The van der Waals surface area contributed by atoms with Crippen molar-refractivity contribution in [1.82, 2.24) is 4.98 Å². The van der Waals surface area contributed by atoms with Crippen molar-refractivity contribution in [3.63, 3.8) is 0 Å². The molecule has 0 bridgehead atoms. The van der Waals surface area contributed by atoms with Crippen molar-refractivity contribution >= 4 is 34.7 Å². The largest absolute Gasteiger partial charge is 0.497 e. The minimum atomic E-state index is -0.415. The van der Waals surface area contributed by atoms with E-state index in [1.54, 1.807) is 43.6 Å². The molecular formula is C25H24N4O5. The van der Waals surface area contributed by atoms with E-state index in [1.165, 1.54) is 19.1 Å². The summed E-state index contributed by atoms with van der Waals surface area (Å²) in [6, 6.07) is 15.9. The highest BCUT2D eigenvalue weighted by molar-refractivity contribution is 6.18. The third-order valence-electron chi connectivity index (χ3n) is 5.28. The van der Waals surface area contributed by atoms with Gasteiger partial charge in [-0.3, -0.25) is 14.5 Å². The summed E-state index contributed by atoms with van der Waals surface area (Å²) >= 11 is 0. The van der Waals surface area contributed by atoms with Crippen LogP contribution in [-0.4, -0.2) is 50.4 Å². The van der Waals surface area contributed by atoms with E-state index in [0.717, 1.165) is 5.56 Å². The van der Waals surface area contributed by atoms with E-state index in [2.05, 4.69) is 10.3 Å². The van der Waals surface area contributed by atoms with Gasteiger partial charge in [-0.1, -0.05) is 12.1 Å². The minimum Gasteiger partial charge on any atom is -0.497 e. The summed E-state index contributed by atoms with van der Waals surface area (Å²) in [6.45, 7) is -0.246. The number of benzene rings is 2. The van der Waals surface area contributed by atoms with Crippen molar-refractivity contribution < 1.29 is 23.8 Å². The first-order chi connectivity index (χ1) is 16.5. The minimum absolute atomic E-state index is 0.000706. The van der Waals surface area contributed by atoms with Crippen LogP contribution in [0.3, 0.4) is 0 Å². The van der Waals surface area contributed by atoms with Crippen LogP contribution in [0, 0.1) is 0 Å². The summed E-state index contributed by atoms with van der Waals surface area (Å²) in [4.78, 5) is 36.6. The molecule has 2 heterocycles. The molecule has 2 aromatic carbocycles.